The SMILES string of the molecule is Cc1nc(-c2ccccc2)sc1CNc1ccc([N+](=O)[O-])c(S(C)(=O)=O)c1. The molecule has 2 aromatic carbocycles. The summed E-state index contributed by atoms with van der Waals surface area (Å²) < 4.78 is 23.7. The molecule has 0 saturated heterocycles. The van der Waals surface area contributed by atoms with Crippen LogP contribution in [0.4, 0.5) is 11.4 Å². The third-order valence-corrected chi connectivity index (χ3v) is 6.25. The molecule has 1 aromatic heterocycles. The summed E-state index contributed by atoms with van der Waals surface area (Å²) in [6.07, 6.45) is 0.957. The van der Waals surface area contributed by atoms with Crippen molar-refractivity contribution in [1.82, 2.24) is 4.98 Å². The Morgan fingerprint density at radius 2 is 1.89 bits per heavy atom. The number of thiazole rings is 1. The van der Waals surface area contributed by atoms with Crippen LogP contribution in [0.2, 0.25) is 0 Å². The Kier molecular flexibility index (Phi) is 5.24. The summed E-state index contributed by atoms with van der Waals surface area (Å²) in [7, 11) is -3.72. The Balaban J connectivity index is 1.83. The number of aromatic nitrogens is 1. The second-order valence-electron chi connectivity index (χ2n) is 5.96. The van der Waals surface area contributed by atoms with Crippen LogP contribution in [-0.2, 0) is 16.4 Å². The minimum Gasteiger partial charge on any atom is -0.380 e. The number of benzene rings is 2. The maximum atomic E-state index is 11.9. The van der Waals surface area contributed by atoms with Gasteiger partial charge in [0.25, 0.3) is 5.69 Å². The maximum absolute atomic E-state index is 11.9. The van der Waals surface area contributed by atoms with Crippen molar-refractivity contribution in [2.24, 2.45) is 0 Å². The number of aryl methyl sites for hydroxylation is 1. The van der Waals surface area contributed by atoms with E-state index in [2.05, 4.69) is 10.3 Å². The van der Waals surface area contributed by atoms with Crippen LogP contribution in [0.5, 0.6) is 0 Å². The molecule has 0 aliphatic carbocycles. The van der Waals surface area contributed by atoms with Gasteiger partial charge in [-0.3, -0.25) is 10.1 Å². The summed E-state index contributed by atoms with van der Waals surface area (Å²) in [6, 6.07) is 13.8. The first-order valence-corrected chi connectivity index (χ1v) is 10.7. The van der Waals surface area contributed by atoms with E-state index in [1.807, 2.05) is 37.3 Å². The smallest absolute Gasteiger partial charge is 0.288 e. The van der Waals surface area contributed by atoms with E-state index in [0.717, 1.165) is 27.4 Å². The van der Waals surface area contributed by atoms with Gasteiger partial charge in [-0.2, -0.15) is 0 Å². The van der Waals surface area contributed by atoms with Crippen LogP contribution < -0.4 is 5.32 Å². The van der Waals surface area contributed by atoms with Gasteiger partial charge in [-0.1, -0.05) is 30.3 Å². The lowest BCUT2D eigenvalue weighted by Gasteiger charge is -2.08. The van der Waals surface area contributed by atoms with Gasteiger partial charge in [0.05, 0.1) is 17.2 Å². The van der Waals surface area contributed by atoms with Crippen molar-refractivity contribution in [3.8, 4) is 10.6 Å². The lowest BCUT2D eigenvalue weighted by atomic mass is 10.2. The van der Waals surface area contributed by atoms with Crippen LogP contribution in [0.1, 0.15) is 10.6 Å². The lowest BCUT2D eigenvalue weighted by molar-refractivity contribution is -0.387. The Hall–Kier alpha value is -2.78. The summed E-state index contributed by atoms with van der Waals surface area (Å²) in [5.41, 5.74) is 1.99. The zero-order chi connectivity index (χ0) is 19.6. The van der Waals surface area contributed by atoms with Crippen molar-refractivity contribution in [2.45, 2.75) is 18.4 Å². The van der Waals surface area contributed by atoms with Gasteiger partial charge in [0.1, 0.15) is 9.90 Å². The molecular weight excluding hydrogens is 386 g/mol. The number of rotatable bonds is 6. The van der Waals surface area contributed by atoms with Gasteiger partial charge in [0.15, 0.2) is 9.84 Å². The predicted octanol–water partition coefficient (Wildman–Crippen LogP) is 4.04. The molecule has 9 heteroatoms. The summed E-state index contributed by atoms with van der Waals surface area (Å²) in [4.78, 5) is 15.6. The van der Waals surface area contributed by atoms with E-state index in [1.54, 1.807) is 11.3 Å². The van der Waals surface area contributed by atoms with Crippen LogP contribution in [-0.4, -0.2) is 24.6 Å². The van der Waals surface area contributed by atoms with Gasteiger partial charge in [0, 0.05) is 28.5 Å². The molecule has 1 N–H and O–H groups in total. The fourth-order valence-corrected chi connectivity index (χ4v) is 4.42. The molecule has 0 aliphatic heterocycles. The van der Waals surface area contributed by atoms with Crippen molar-refractivity contribution in [3.63, 3.8) is 0 Å². The summed E-state index contributed by atoms with van der Waals surface area (Å²) in [5.74, 6) is 0. The summed E-state index contributed by atoms with van der Waals surface area (Å²) in [6.45, 7) is 2.36. The highest BCUT2D eigenvalue weighted by atomic mass is 32.2. The van der Waals surface area contributed by atoms with Crippen molar-refractivity contribution in [2.75, 3.05) is 11.6 Å². The number of nitro groups is 1. The molecule has 3 aromatic rings. The predicted molar refractivity (Wildman–Crippen MR) is 106 cm³/mol. The molecule has 0 unspecified atom stereocenters. The first-order chi connectivity index (χ1) is 12.8. The van der Waals surface area contributed by atoms with E-state index in [4.69, 9.17) is 0 Å². The van der Waals surface area contributed by atoms with Crippen molar-refractivity contribution >= 4 is 32.5 Å². The van der Waals surface area contributed by atoms with E-state index < -0.39 is 20.4 Å². The molecule has 1 heterocycles. The lowest BCUT2D eigenvalue weighted by Crippen LogP contribution is -2.05. The molecule has 0 fully saturated rings. The van der Waals surface area contributed by atoms with Crippen molar-refractivity contribution < 1.29 is 13.3 Å². The molecule has 0 bridgehead atoms. The van der Waals surface area contributed by atoms with Crippen LogP contribution in [0.3, 0.4) is 0 Å². The Morgan fingerprint density at radius 1 is 1.19 bits per heavy atom. The van der Waals surface area contributed by atoms with Gasteiger partial charge < -0.3 is 5.32 Å². The average Bonchev–Trinajstić information content (AvgIpc) is 3.00. The van der Waals surface area contributed by atoms with Crippen molar-refractivity contribution in [3.05, 3.63) is 69.2 Å². The quantitative estimate of drug-likeness (QED) is 0.492. The van der Waals surface area contributed by atoms with Crippen LogP contribution in [0.25, 0.3) is 10.6 Å². The number of hydrogen-bond acceptors (Lipinski definition) is 7. The number of hydrogen-bond donors (Lipinski definition) is 1. The molecular formula is C18H17N3O4S2. The molecule has 0 saturated carbocycles. The zero-order valence-corrected chi connectivity index (χ0v) is 16.3. The second-order valence-corrected chi connectivity index (χ2v) is 9.03. The number of nitrogens with one attached hydrogen (secondary N) is 1. The number of anilines is 1. The van der Waals surface area contributed by atoms with Gasteiger partial charge in [-0.05, 0) is 19.1 Å². The van der Waals surface area contributed by atoms with Gasteiger partial charge in [-0.15, -0.1) is 11.3 Å². The third-order valence-electron chi connectivity index (χ3n) is 3.92. The molecule has 3 rings (SSSR count). The van der Waals surface area contributed by atoms with E-state index in [9.17, 15) is 18.5 Å². The maximum Gasteiger partial charge on any atom is 0.288 e. The third kappa shape index (κ3) is 4.32. The van der Waals surface area contributed by atoms with Crippen LogP contribution in [0.15, 0.2) is 53.4 Å². The molecule has 0 spiro atoms. The highest BCUT2D eigenvalue weighted by molar-refractivity contribution is 7.90. The van der Waals surface area contributed by atoms with E-state index in [1.165, 1.54) is 18.2 Å². The van der Waals surface area contributed by atoms with E-state index >= 15 is 0 Å². The van der Waals surface area contributed by atoms with Crippen LogP contribution >= 0.6 is 11.3 Å². The first kappa shape index (κ1) is 19.0. The van der Waals surface area contributed by atoms with Crippen LogP contribution in [0, 0.1) is 17.0 Å². The minimum atomic E-state index is -3.72. The Morgan fingerprint density at radius 3 is 2.52 bits per heavy atom. The number of sulfone groups is 1. The first-order valence-electron chi connectivity index (χ1n) is 8.00. The normalized spacial score (nSPS) is 11.3. The molecule has 0 amide bonds. The molecule has 0 radical (unpaired) electrons. The van der Waals surface area contributed by atoms with Gasteiger partial charge >= 0.3 is 0 Å². The van der Waals surface area contributed by atoms with E-state index in [-0.39, 0.29) is 4.90 Å². The standard InChI is InChI=1S/C18H17N3O4S2/c1-12-16(26-18(20-12)13-6-4-3-5-7-13)11-19-14-8-9-15(21(22)23)17(10-14)27(2,24)25/h3-10,19H,11H2,1-2H3. The molecule has 7 nitrogen and oxygen atoms in total. The molecule has 0 aliphatic rings. The Bertz CT molecular complexity index is 1090. The van der Waals surface area contributed by atoms with Gasteiger partial charge in [-0.25, -0.2) is 13.4 Å². The van der Waals surface area contributed by atoms with Gasteiger partial charge in [0.2, 0.25) is 0 Å². The summed E-state index contributed by atoms with van der Waals surface area (Å²) in [5, 5.41) is 15.1. The Labute approximate surface area is 160 Å². The molecule has 0 atom stereocenters. The number of nitrogens with zero attached hydrogens (tertiary/aromatic N) is 2. The fourth-order valence-electron chi connectivity index (χ4n) is 2.55. The zero-order valence-electron chi connectivity index (χ0n) is 14.7. The molecule has 140 valence electrons. The monoisotopic (exact) mass is 403 g/mol. The highest BCUT2D eigenvalue weighted by Crippen LogP contribution is 2.30. The highest BCUT2D eigenvalue weighted by Gasteiger charge is 2.22. The largest absolute Gasteiger partial charge is 0.380 e. The minimum absolute atomic E-state index is 0.302. The average molecular weight is 403 g/mol. The van der Waals surface area contributed by atoms with E-state index in [0.29, 0.717) is 12.2 Å². The molecule has 27 heavy (non-hydrogen) atoms. The van der Waals surface area contributed by atoms with Crippen molar-refractivity contribution in [1.29, 1.82) is 0 Å². The summed E-state index contributed by atoms with van der Waals surface area (Å²) >= 11 is 1.55. The fraction of sp³-hybridized carbons (Fsp3) is 0.167. The topological polar surface area (TPSA) is 102 Å². The second kappa shape index (κ2) is 7.45. The number of nitro benzene ring substituents is 1.